The number of rotatable bonds is 4. The molecule has 2 rings (SSSR count). The molecule has 102 valence electrons. The number of nitrogens with zero attached hydrogens (tertiary/aromatic N) is 1. The van der Waals surface area contributed by atoms with Crippen LogP contribution in [0.3, 0.4) is 0 Å². The van der Waals surface area contributed by atoms with Crippen molar-refractivity contribution in [3.05, 3.63) is 53.0 Å². The van der Waals surface area contributed by atoms with Gasteiger partial charge in [-0.15, -0.1) is 0 Å². The van der Waals surface area contributed by atoms with Crippen molar-refractivity contribution >= 4 is 0 Å². The van der Waals surface area contributed by atoms with E-state index >= 15 is 0 Å². The Bertz CT molecular complexity index is 583. The maximum atomic E-state index is 13.4. The van der Waals surface area contributed by atoms with Crippen molar-refractivity contribution in [1.82, 2.24) is 10.3 Å². The van der Waals surface area contributed by atoms with Crippen molar-refractivity contribution in [2.75, 3.05) is 0 Å². The second-order valence-electron chi connectivity index (χ2n) is 4.27. The maximum absolute atomic E-state index is 13.4. The fourth-order valence-corrected chi connectivity index (χ4v) is 1.62. The Balaban J connectivity index is 2.04. The van der Waals surface area contributed by atoms with Crippen LogP contribution < -0.4 is 5.32 Å². The highest BCUT2D eigenvalue weighted by atomic mass is 19.2. The van der Waals surface area contributed by atoms with Gasteiger partial charge >= 0.3 is 0 Å². The largest absolute Gasteiger partial charge is 0.444 e. The van der Waals surface area contributed by atoms with Crippen LogP contribution in [0.15, 0.2) is 22.7 Å². The van der Waals surface area contributed by atoms with Gasteiger partial charge in [-0.2, -0.15) is 0 Å². The molecule has 1 atom stereocenters. The summed E-state index contributed by atoms with van der Waals surface area (Å²) in [4.78, 5) is 4.03. The molecule has 19 heavy (non-hydrogen) atoms. The number of nitrogens with one attached hydrogen (secondary N) is 1. The molecule has 0 fully saturated rings. The quantitative estimate of drug-likeness (QED) is 0.867. The van der Waals surface area contributed by atoms with Crippen LogP contribution >= 0.6 is 0 Å². The Morgan fingerprint density at radius 2 is 1.89 bits per heavy atom. The monoisotopic (exact) mass is 270 g/mol. The Morgan fingerprint density at radius 1 is 1.21 bits per heavy atom. The lowest BCUT2D eigenvalue weighted by Gasteiger charge is -2.11. The van der Waals surface area contributed by atoms with Crippen molar-refractivity contribution in [2.45, 2.75) is 26.4 Å². The van der Waals surface area contributed by atoms with Gasteiger partial charge in [-0.1, -0.05) is 0 Å². The molecule has 0 radical (unpaired) electrons. The summed E-state index contributed by atoms with van der Waals surface area (Å²) in [5, 5.41) is 2.93. The molecule has 0 saturated carbocycles. The summed E-state index contributed by atoms with van der Waals surface area (Å²) in [6, 6.07) is 1.11. The molecule has 0 saturated heterocycles. The minimum atomic E-state index is -1.20. The summed E-state index contributed by atoms with van der Waals surface area (Å²) >= 11 is 0. The van der Waals surface area contributed by atoms with Crippen molar-refractivity contribution in [3.63, 3.8) is 0 Å². The van der Waals surface area contributed by atoms with E-state index in [2.05, 4.69) is 10.3 Å². The van der Waals surface area contributed by atoms with Crippen LogP contribution in [-0.4, -0.2) is 4.98 Å². The summed E-state index contributed by atoms with van der Waals surface area (Å²) in [7, 11) is 0. The number of benzene rings is 1. The summed E-state index contributed by atoms with van der Waals surface area (Å²) in [5.74, 6) is -1.93. The first-order valence-electron chi connectivity index (χ1n) is 5.76. The van der Waals surface area contributed by atoms with Crippen LogP contribution in [0.1, 0.15) is 30.2 Å². The zero-order chi connectivity index (χ0) is 14.0. The lowest BCUT2D eigenvalue weighted by atomic mass is 10.2. The molecule has 2 aromatic rings. The normalized spacial score (nSPS) is 12.7. The minimum Gasteiger partial charge on any atom is -0.444 e. The van der Waals surface area contributed by atoms with Crippen LogP contribution in [0.4, 0.5) is 13.2 Å². The van der Waals surface area contributed by atoms with Crippen LogP contribution in [-0.2, 0) is 6.54 Å². The van der Waals surface area contributed by atoms with E-state index < -0.39 is 17.5 Å². The van der Waals surface area contributed by atoms with Gasteiger partial charge in [0, 0.05) is 18.2 Å². The topological polar surface area (TPSA) is 38.1 Å². The fourth-order valence-electron chi connectivity index (χ4n) is 1.62. The number of aromatic nitrogens is 1. The van der Waals surface area contributed by atoms with Crippen LogP contribution in [0.5, 0.6) is 0 Å². The molecule has 3 nitrogen and oxygen atoms in total. The van der Waals surface area contributed by atoms with Gasteiger partial charge in [0.25, 0.3) is 0 Å². The summed E-state index contributed by atoms with van der Waals surface area (Å²) in [6.07, 6.45) is 1.58. The number of hydrogen-bond acceptors (Lipinski definition) is 3. The van der Waals surface area contributed by atoms with E-state index in [0.29, 0.717) is 17.7 Å². The van der Waals surface area contributed by atoms with Gasteiger partial charge in [-0.05, 0) is 19.9 Å². The fraction of sp³-hybridized carbons (Fsp3) is 0.308. The molecule has 0 spiro atoms. The van der Waals surface area contributed by atoms with Crippen molar-refractivity contribution in [1.29, 1.82) is 0 Å². The first-order valence-corrected chi connectivity index (χ1v) is 5.76. The SMILES string of the molecule is Cc1cnc(C(C)NCc2cc(F)c(F)cc2F)o1. The summed E-state index contributed by atoms with van der Waals surface area (Å²) in [5.41, 5.74) is 0.0500. The summed E-state index contributed by atoms with van der Waals surface area (Å²) in [6.45, 7) is 3.59. The third-order valence-electron chi connectivity index (χ3n) is 2.70. The van der Waals surface area contributed by atoms with Crippen molar-refractivity contribution in [3.8, 4) is 0 Å². The van der Waals surface area contributed by atoms with Crippen LogP contribution in [0.2, 0.25) is 0 Å². The predicted octanol–water partition coefficient (Wildman–Crippen LogP) is 3.25. The molecule has 0 aliphatic heterocycles. The van der Waals surface area contributed by atoms with E-state index in [1.807, 2.05) is 0 Å². The highest BCUT2D eigenvalue weighted by Crippen LogP contribution is 2.16. The zero-order valence-corrected chi connectivity index (χ0v) is 10.5. The Morgan fingerprint density at radius 3 is 2.53 bits per heavy atom. The number of oxazole rings is 1. The third kappa shape index (κ3) is 3.14. The summed E-state index contributed by atoms with van der Waals surface area (Å²) < 4.78 is 44.5. The predicted molar refractivity (Wildman–Crippen MR) is 62.8 cm³/mol. The highest BCUT2D eigenvalue weighted by Gasteiger charge is 2.14. The lowest BCUT2D eigenvalue weighted by molar-refractivity contribution is 0.399. The Labute approximate surface area is 108 Å². The number of halogens is 3. The van der Waals surface area contributed by atoms with E-state index in [1.54, 1.807) is 20.0 Å². The average Bonchev–Trinajstić information content (AvgIpc) is 2.78. The molecule has 1 unspecified atom stereocenters. The van der Waals surface area contributed by atoms with Crippen LogP contribution in [0, 0.1) is 24.4 Å². The molecule has 1 heterocycles. The van der Waals surface area contributed by atoms with E-state index in [0.717, 1.165) is 6.07 Å². The first-order chi connectivity index (χ1) is 8.97. The van der Waals surface area contributed by atoms with Gasteiger partial charge in [-0.3, -0.25) is 0 Å². The van der Waals surface area contributed by atoms with Gasteiger partial charge in [0.15, 0.2) is 11.6 Å². The molecule has 1 N–H and O–H groups in total. The zero-order valence-electron chi connectivity index (χ0n) is 10.5. The van der Waals surface area contributed by atoms with Gasteiger partial charge < -0.3 is 9.73 Å². The smallest absolute Gasteiger partial charge is 0.211 e. The van der Waals surface area contributed by atoms with Gasteiger partial charge in [0.1, 0.15) is 11.6 Å². The Hall–Kier alpha value is -1.82. The van der Waals surface area contributed by atoms with E-state index in [1.165, 1.54) is 0 Å². The highest BCUT2D eigenvalue weighted by molar-refractivity contribution is 5.20. The van der Waals surface area contributed by atoms with Crippen molar-refractivity contribution < 1.29 is 17.6 Å². The van der Waals surface area contributed by atoms with Gasteiger partial charge in [-0.25, -0.2) is 18.2 Å². The van der Waals surface area contributed by atoms with Gasteiger partial charge in [0.05, 0.1) is 12.2 Å². The van der Waals surface area contributed by atoms with Crippen molar-refractivity contribution in [2.24, 2.45) is 0 Å². The number of aryl methyl sites for hydroxylation is 1. The molecular weight excluding hydrogens is 257 g/mol. The number of hydrogen-bond donors (Lipinski definition) is 1. The molecule has 6 heteroatoms. The van der Waals surface area contributed by atoms with Crippen LogP contribution in [0.25, 0.3) is 0 Å². The molecular formula is C13H13F3N2O. The maximum Gasteiger partial charge on any atom is 0.211 e. The van der Waals surface area contributed by atoms with Gasteiger partial charge in [0.2, 0.25) is 5.89 Å². The molecule has 0 amide bonds. The minimum absolute atomic E-state index is 0.0472. The lowest BCUT2D eigenvalue weighted by Crippen LogP contribution is -2.19. The Kier molecular flexibility index (Phi) is 3.90. The molecule has 1 aromatic heterocycles. The van der Waals surface area contributed by atoms with E-state index in [9.17, 15) is 13.2 Å². The average molecular weight is 270 g/mol. The standard InChI is InChI=1S/C13H13F3N2O/c1-7-5-18-13(19-7)8(2)17-6-9-3-11(15)12(16)4-10(9)14/h3-5,8,17H,6H2,1-2H3. The first kappa shape index (κ1) is 13.6. The second-order valence-corrected chi connectivity index (χ2v) is 4.27. The molecule has 0 aliphatic carbocycles. The molecule has 1 aromatic carbocycles. The second kappa shape index (κ2) is 5.44. The molecule has 0 bridgehead atoms. The third-order valence-corrected chi connectivity index (χ3v) is 2.70. The van der Waals surface area contributed by atoms with E-state index in [-0.39, 0.29) is 18.2 Å². The van der Waals surface area contributed by atoms with E-state index in [4.69, 9.17) is 4.42 Å². The molecule has 0 aliphatic rings.